The Bertz CT molecular complexity index is 654. The van der Waals surface area contributed by atoms with Crippen molar-refractivity contribution in [2.24, 2.45) is 5.92 Å². The first-order valence-electron chi connectivity index (χ1n) is 8.88. The fourth-order valence-electron chi connectivity index (χ4n) is 2.98. The van der Waals surface area contributed by atoms with Gasteiger partial charge in [0.2, 0.25) is 5.88 Å². The van der Waals surface area contributed by atoms with Gasteiger partial charge in [-0.15, -0.1) is 0 Å². The second kappa shape index (κ2) is 8.92. The van der Waals surface area contributed by atoms with E-state index in [0.29, 0.717) is 28.9 Å². The van der Waals surface area contributed by atoms with Crippen molar-refractivity contribution in [2.45, 2.75) is 40.0 Å². The number of hydrogen-bond acceptors (Lipinski definition) is 4. The summed E-state index contributed by atoms with van der Waals surface area (Å²) in [6.45, 7) is 9.36. The van der Waals surface area contributed by atoms with E-state index in [1.807, 2.05) is 19.9 Å². The Balaban J connectivity index is 0.00000100. The number of piperidine rings is 1. The highest BCUT2D eigenvalue weighted by Gasteiger charge is 2.17. The zero-order chi connectivity index (χ0) is 17.5. The van der Waals surface area contributed by atoms with Crippen LogP contribution in [0.1, 0.15) is 39.2 Å². The van der Waals surface area contributed by atoms with Crippen LogP contribution in [0.2, 0.25) is 0 Å². The molecule has 1 aliphatic heterocycles. The van der Waals surface area contributed by atoms with Crippen LogP contribution >= 0.6 is 0 Å². The van der Waals surface area contributed by atoms with Gasteiger partial charge in [0.1, 0.15) is 5.82 Å². The molecule has 0 aromatic carbocycles. The van der Waals surface area contributed by atoms with Gasteiger partial charge in [0, 0.05) is 18.2 Å². The van der Waals surface area contributed by atoms with Crippen molar-refractivity contribution in [3.63, 3.8) is 0 Å². The van der Waals surface area contributed by atoms with Crippen LogP contribution in [-0.4, -0.2) is 41.6 Å². The highest BCUT2D eigenvalue weighted by Crippen LogP contribution is 2.22. The third-order valence-electron chi connectivity index (χ3n) is 4.50. The molecule has 0 spiro atoms. The molecule has 0 radical (unpaired) electrons. The zero-order valence-electron chi connectivity index (χ0n) is 15.2. The van der Waals surface area contributed by atoms with Gasteiger partial charge < -0.3 is 9.64 Å². The third kappa shape index (κ3) is 4.41. The van der Waals surface area contributed by atoms with E-state index in [1.54, 1.807) is 13.2 Å². The molecule has 0 N–H and O–H groups in total. The van der Waals surface area contributed by atoms with Crippen LogP contribution in [0, 0.1) is 11.7 Å². The molecule has 3 rings (SSSR count). The first-order chi connectivity index (χ1) is 11.7. The van der Waals surface area contributed by atoms with Crippen molar-refractivity contribution in [3.05, 3.63) is 29.7 Å². The van der Waals surface area contributed by atoms with E-state index in [2.05, 4.69) is 21.8 Å². The normalized spacial score (nSPS) is 15.9. The number of rotatable bonds is 4. The molecular formula is C19H28FN3O. The first kappa shape index (κ1) is 18.6. The predicted molar refractivity (Wildman–Crippen MR) is 95.9 cm³/mol. The largest absolute Gasteiger partial charge is 0.481 e. The van der Waals surface area contributed by atoms with E-state index in [9.17, 15) is 4.39 Å². The molecule has 1 aliphatic rings. The molecule has 3 heterocycles. The molecule has 0 amide bonds. The number of nitrogens with zero attached hydrogens (tertiary/aromatic N) is 3. The minimum absolute atomic E-state index is 0.279. The molecule has 0 saturated carbocycles. The van der Waals surface area contributed by atoms with Crippen molar-refractivity contribution in [1.29, 1.82) is 0 Å². The van der Waals surface area contributed by atoms with E-state index in [0.717, 1.165) is 25.6 Å². The monoisotopic (exact) mass is 333 g/mol. The molecule has 1 fully saturated rings. The molecule has 0 atom stereocenters. The van der Waals surface area contributed by atoms with Crippen molar-refractivity contribution >= 4 is 11.0 Å². The summed E-state index contributed by atoms with van der Waals surface area (Å²) in [6.07, 6.45) is 4.40. The van der Waals surface area contributed by atoms with Gasteiger partial charge in [-0.05, 0) is 44.3 Å². The average molecular weight is 333 g/mol. The van der Waals surface area contributed by atoms with Gasteiger partial charge in [0.15, 0.2) is 0 Å². The Kier molecular flexibility index (Phi) is 6.91. The third-order valence-corrected chi connectivity index (χ3v) is 4.50. The Morgan fingerprint density at radius 1 is 1.25 bits per heavy atom. The number of aromatic nitrogens is 2. The maximum atomic E-state index is 14.2. The van der Waals surface area contributed by atoms with E-state index >= 15 is 0 Å². The lowest BCUT2D eigenvalue weighted by molar-refractivity contribution is 0.194. The summed E-state index contributed by atoms with van der Waals surface area (Å²) in [5.74, 6) is 1.02. The van der Waals surface area contributed by atoms with Gasteiger partial charge in [-0.3, -0.25) is 4.98 Å². The molecule has 132 valence electrons. The highest BCUT2D eigenvalue weighted by molar-refractivity contribution is 5.78. The van der Waals surface area contributed by atoms with Gasteiger partial charge in [-0.25, -0.2) is 9.37 Å². The molecule has 2 aromatic heterocycles. The van der Waals surface area contributed by atoms with Crippen molar-refractivity contribution in [3.8, 4) is 5.88 Å². The Morgan fingerprint density at radius 3 is 2.62 bits per heavy atom. The molecule has 2 aromatic rings. The summed E-state index contributed by atoms with van der Waals surface area (Å²) in [7, 11) is 1.56. The van der Waals surface area contributed by atoms with Crippen LogP contribution in [0.25, 0.3) is 11.0 Å². The van der Waals surface area contributed by atoms with Gasteiger partial charge in [-0.2, -0.15) is 0 Å². The summed E-state index contributed by atoms with van der Waals surface area (Å²) < 4.78 is 19.4. The lowest BCUT2D eigenvalue weighted by atomic mass is 9.99. The standard InChI is InChI=1S/C17H22FN3O.C2H6/c1-12-5-8-21(9-6-12)10-7-13-14(18)11-19-15-3-4-16(22-2)20-17(13)15;1-2/h3-4,11-12H,5-10H2,1-2H3;1-2H3. The molecule has 0 unspecified atom stereocenters. The minimum atomic E-state index is -0.279. The number of fused-ring (bicyclic) bond motifs is 1. The first-order valence-corrected chi connectivity index (χ1v) is 8.88. The number of hydrogen-bond donors (Lipinski definition) is 0. The van der Waals surface area contributed by atoms with Gasteiger partial charge in [0.25, 0.3) is 0 Å². The highest BCUT2D eigenvalue weighted by atomic mass is 19.1. The number of ether oxygens (including phenoxy) is 1. The summed E-state index contributed by atoms with van der Waals surface area (Å²) in [5.41, 5.74) is 1.97. The molecule has 24 heavy (non-hydrogen) atoms. The predicted octanol–water partition coefficient (Wildman–Crippen LogP) is 4.08. The van der Waals surface area contributed by atoms with E-state index in [4.69, 9.17) is 4.74 Å². The number of halogens is 1. The van der Waals surface area contributed by atoms with Crippen LogP contribution in [0.15, 0.2) is 18.3 Å². The Labute approximate surface area is 144 Å². The fourth-order valence-corrected chi connectivity index (χ4v) is 2.98. The summed E-state index contributed by atoms with van der Waals surface area (Å²) in [5, 5.41) is 0. The number of pyridine rings is 2. The van der Waals surface area contributed by atoms with Crippen LogP contribution < -0.4 is 4.74 Å². The van der Waals surface area contributed by atoms with Crippen molar-refractivity contribution in [1.82, 2.24) is 14.9 Å². The number of methoxy groups -OCH3 is 1. The lowest BCUT2D eigenvalue weighted by Crippen LogP contribution is -2.34. The van der Waals surface area contributed by atoms with Crippen LogP contribution in [0.4, 0.5) is 4.39 Å². The van der Waals surface area contributed by atoms with Gasteiger partial charge >= 0.3 is 0 Å². The lowest BCUT2D eigenvalue weighted by Gasteiger charge is -2.30. The zero-order valence-corrected chi connectivity index (χ0v) is 15.2. The molecule has 0 bridgehead atoms. The van der Waals surface area contributed by atoms with E-state index < -0.39 is 0 Å². The summed E-state index contributed by atoms with van der Waals surface area (Å²) in [6, 6.07) is 3.58. The second-order valence-electron chi connectivity index (χ2n) is 6.08. The quantitative estimate of drug-likeness (QED) is 0.845. The fraction of sp³-hybridized carbons (Fsp3) is 0.579. The Hall–Kier alpha value is -1.75. The van der Waals surface area contributed by atoms with Crippen LogP contribution in [0.3, 0.4) is 0 Å². The van der Waals surface area contributed by atoms with Gasteiger partial charge in [-0.1, -0.05) is 20.8 Å². The van der Waals surface area contributed by atoms with Crippen LogP contribution in [0.5, 0.6) is 5.88 Å². The van der Waals surface area contributed by atoms with Crippen molar-refractivity contribution in [2.75, 3.05) is 26.7 Å². The van der Waals surface area contributed by atoms with Crippen molar-refractivity contribution < 1.29 is 9.13 Å². The second-order valence-corrected chi connectivity index (χ2v) is 6.08. The topological polar surface area (TPSA) is 38.2 Å². The minimum Gasteiger partial charge on any atom is -0.481 e. The number of likely N-dealkylation sites (tertiary alicyclic amines) is 1. The maximum absolute atomic E-state index is 14.2. The average Bonchev–Trinajstić information content (AvgIpc) is 2.63. The van der Waals surface area contributed by atoms with Crippen LogP contribution in [-0.2, 0) is 6.42 Å². The van der Waals surface area contributed by atoms with E-state index in [-0.39, 0.29) is 5.82 Å². The van der Waals surface area contributed by atoms with Gasteiger partial charge in [0.05, 0.1) is 24.3 Å². The molecule has 1 saturated heterocycles. The molecule has 5 heteroatoms. The summed E-state index contributed by atoms with van der Waals surface area (Å²) >= 11 is 0. The molecule has 0 aliphatic carbocycles. The molecular weight excluding hydrogens is 305 g/mol. The summed E-state index contributed by atoms with van der Waals surface area (Å²) in [4.78, 5) is 10.9. The SMILES string of the molecule is CC.COc1ccc2ncc(F)c(CCN3CCC(C)CC3)c2n1. The Morgan fingerprint density at radius 2 is 1.96 bits per heavy atom. The smallest absolute Gasteiger partial charge is 0.213 e. The van der Waals surface area contributed by atoms with E-state index in [1.165, 1.54) is 19.0 Å². The molecule has 4 nitrogen and oxygen atoms in total. The maximum Gasteiger partial charge on any atom is 0.213 e.